The third-order valence-electron chi connectivity index (χ3n) is 4.79. The molecule has 0 radical (unpaired) electrons. The molecule has 2 heterocycles. The number of fused-ring (bicyclic) bond motifs is 1. The van der Waals surface area contributed by atoms with Crippen LogP contribution in [0.25, 0.3) is 10.9 Å². The molecule has 0 unspecified atom stereocenters. The van der Waals surface area contributed by atoms with E-state index in [1.54, 1.807) is 18.5 Å². The molecule has 0 saturated heterocycles. The second-order valence-electron chi connectivity index (χ2n) is 6.68. The van der Waals surface area contributed by atoms with E-state index in [1.807, 2.05) is 30.3 Å². The maximum absolute atomic E-state index is 12.3. The summed E-state index contributed by atoms with van der Waals surface area (Å²) in [7, 11) is 0. The molecular weight excluding hydrogens is 428 g/mol. The van der Waals surface area contributed by atoms with E-state index in [9.17, 15) is 4.79 Å². The highest BCUT2D eigenvalue weighted by Gasteiger charge is 2.13. The number of hydrogen-bond donors (Lipinski definition) is 1. The SMILES string of the molecule is Cc1c(C=NNC(=O)c2cncc(Br)c2)c2ccccc2n1Cc1ccccc1. The summed E-state index contributed by atoms with van der Waals surface area (Å²) in [5.41, 5.74) is 7.48. The van der Waals surface area contributed by atoms with Gasteiger partial charge in [-0.25, -0.2) is 5.43 Å². The Morgan fingerprint density at radius 2 is 1.90 bits per heavy atom. The number of halogens is 1. The minimum absolute atomic E-state index is 0.305. The summed E-state index contributed by atoms with van der Waals surface area (Å²) >= 11 is 3.32. The molecule has 1 N–H and O–H groups in total. The van der Waals surface area contributed by atoms with Gasteiger partial charge >= 0.3 is 0 Å². The predicted molar refractivity (Wildman–Crippen MR) is 119 cm³/mol. The summed E-state index contributed by atoms with van der Waals surface area (Å²) in [4.78, 5) is 16.3. The summed E-state index contributed by atoms with van der Waals surface area (Å²) in [5.74, 6) is -0.305. The fraction of sp³-hybridized carbons (Fsp3) is 0.0870. The maximum Gasteiger partial charge on any atom is 0.272 e. The molecule has 2 aromatic carbocycles. The van der Waals surface area contributed by atoms with Gasteiger partial charge in [-0.1, -0.05) is 48.5 Å². The number of benzene rings is 2. The minimum Gasteiger partial charge on any atom is -0.340 e. The molecule has 144 valence electrons. The number of rotatable bonds is 5. The molecule has 0 fully saturated rings. The average molecular weight is 447 g/mol. The lowest BCUT2D eigenvalue weighted by molar-refractivity contribution is 0.0954. The van der Waals surface area contributed by atoms with E-state index in [4.69, 9.17) is 0 Å². The van der Waals surface area contributed by atoms with Crippen LogP contribution in [0.15, 0.2) is 82.6 Å². The van der Waals surface area contributed by atoms with Crippen molar-refractivity contribution in [1.82, 2.24) is 15.0 Å². The van der Waals surface area contributed by atoms with E-state index in [0.29, 0.717) is 5.56 Å². The fourth-order valence-electron chi connectivity index (χ4n) is 3.35. The first kappa shape index (κ1) is 19.1. The predicted octanol–water partition coefficient (Wildman–Crippen LogP) is 4.92. The zero-order valence-electron chi connectivity index (χ0n) is 15.8. The van der Waals surface area contributed by atoms with Crippen LogP contribution in [0.5, 0.6) is 0 Å². The lowest BCUT2D eigenvalue weighted by Crippen LogP contribution is -2.17. The van der Waals surface area contributed by atoms with Gasteiger partial charge in [-0.05, 0) is 40.5 Å². The van der Waals surface area contributed by atoms with Crippen molar-refractivity contribution in [2.75, 3.05) is 0 Å². The van der Waals surface area contributed by atoms with Crippen LogP contribution in [-0.4, -0.2) is 21.7 Å². The third kappa shape index (κ3) is 4.12. The maximum atomic E-state index is 12.3. The highest BCUT2D eigenvalue weighted by atomic mass is 79.9. The van der Waals surface area contributed by atoms with Crippen molar-refractivity contribution in [2.45, 2.75) is 13.5 Å². The van der Waals surface area contributed by atoms with E-state index in [-0.39, 0.29) is 5.91 Å². The van der Waals surface area contributed by atoms with Crippen LogP contribution < -0.4 is 5.43 Å². The molecule has 6 heteroatoms. The molecule has 0 bridgehead atoms. The van der Waals surface area contributed by atoms with E-state index in [0.717, 1.165) is 33.2 Å². The normalized spacial score (nSPS) is 11.2. The largest absolute Gasteiger partial charge is 0.340 e. The van der Waals surface area contributed by atoms with Crippen LogP contribution in [0, 0.1) is 6.92 Å². The van der Waals surface area contributed by atoms with Crippen LogP contribution in [0.3, 0.4) is 0 Å². The molecule has 0 saturated carbocycles. The van der Waals surface area contributed by atoms with E-state index >= 15 is 0 Å². The van der Waals surface area contributed by atoms with Gasteiger partial charge in [-0.2, -0.15) is 5.10 Å². The smallest absolute Gasteiger partial charge is 0.272 e. The topological polar surface area (TPSA) is 59.3 Å². The zero-order valence-corrected chi connectivity index (χ0v) is 17.4. The monoisotopic (exact) mass is 446 g/mol. The van der Waals surface area contributed by atoms with E-state index in [2.05, 4.69) is 67.2 Å². The molecule has 0 spiro atoms. The first-order valence-electron chi connectivity index (χ1n) is 9.19. The van der Waals surface area contributed by atoms with Gasteiger partial charge < -0.3 is 4.57 Å². The van der Waals surface area contributed by atoms with Gasteiger partial charge in [0.25, 0.3) is 5.91 Å². The molecule has 4 aromatic rings. The van der Waals surface area contributed by atoms with Gasteiger partial charge in [0.15, 0.2) is 0 Å². The van der Waals surface area contributed by atoms with Crippen molar-refractivity contribution in [1.29, 1.82) is 0 Å². The van der Waals surface area contributed by atoms with Gasteiger partial charge in [0.2, 0.25) is 0 Å². The number of pyridine rings is 1. The lowest BCUT2D eigenvalue weighted by atomic mass is 10.1. The Balaban J connectivity index is 1.63. The molecule has 29 heavy (non-hydrogen) atoms. The third-order valence-corrected chi connectivity index (χ3v) is 5.22. The summed E-state index contributed by atoms with van der Waals surface area (Å²) in [6.07, 6.45) is 4.85. The van der Waals surface area contributed by atoms with Crippen LogP contribution in [0.4, 0.5) is 0 Å². The molecule has 0 aliphatic carbocycles. The van der Waals surface area contributed by atoms with Crippen LogP contribution in [0.2, 0.25) is 0 Å². The number of para-hydroxylation sites is 1. The second-order valence-corrected chi connectivity index (χ2v) is 7.59. The Bertz CT molecular complexity index is 1200. The van der Waals surface area contributed by atoms with E-state index in [1.165, 1.54) is 11.8 Å². The van der Waals surface area contributed by atoms with Crippen molar-refractivity contribution in [3.63, 3.8) is 0 Å². The van der Waals surface area contributed by atoms with Gasteiger partial charge in [0, 0.05) is 45.6 Å². The van der Waals surface area contributed by atoms with Crippen molar-refractivity contribution in [3.8, 4) is 0 Å². The molecule has 0 atom stereocenters. The summed E-state index contributed by atoms with van der Waals surface area (Å²) in [6, 6.07) is 20.3. The lowest BCUT2D eigenvalue weighted by Gasteiger charge is -2.08. The summed E-state index contributed by atoms with van der Waals surface area (Å²) in [5, 5.41) is 5.30. The summed E-state index contributed by atoms with van der Waals surface area (Å²) < 4.78 is 3.01. The van der Waals surface area contributed by atoms with Gasteiger partial charge in [-0.15, -0.1) is 0 Å². The van der Waals surface area contributed by atoms with Crippen molar-refractivity contribution in [2.24, 2.45) is 5.10 Å². The van der Waals surface area contributed by atoms with Crippen LogP contribution >= 0.6 is 15.9 Å². The van der Waals surface area contributed by atoms with Gasteiger partial charge in [0.1, 0.15) is 0 Å². The number of carbonyl (C=O) groups excluding carboxylic acids is 1. The highest BCUT2D eigenvalue weighted by Crippen LogP contribution is 2.25. The number of hydrazone groups is 1. The Hall–Kier alpha value is -3.25. The second kappa shape index (κ2) is 8.41. The highest BCUT2D eigenvalue weighted by molar-refractivity contribution is 9.10. The molecule has 0 aliphatic heterocycles. The van der Waals surface area contributed by atoms with Crippen LogP contribution in [0.1, 0.15) is 27.2 Å². The molecule has 2 aromatic heterocycles. The Kier molecular flexibility index (Phi) is 5.53. The fourth-order valence-corrected chi connectivity index (χ4v) is 3.71. The van der Waals surface area contributed by atoms with Crippen LogP contribution in [-0.2, 0) is 6.54 Å². The Morgan fingerprint density at radius 3 is 2.69 bits per heavy atom. The van der Waals surface area contributed by atoms with E-state index < -0.39 is 0 Å². The number of hydrogen-bond acceptors (Lipinski definition) is 3. The molecule has 5 nitrogen and oxygen atoms in total. The standard InChI is InChI=1S/C23H19BrN4O/c1-16-21(14-26-27-23(29)18-11-19(24)13-25-12-18)20-9-5-6-10-22(20)28(16)15-17-7-3-2-4-8-17/h2-14H,15H2,1H3,(H,27,29). The average Bonchev–Trinajstić information content (AvgIpc) is 3.00. The number of amides is 1. The van der Waals surface area contributed by atoms with Crippen molar-refractivity contribution in [3.05, 3.63) is 99.9 Å². The minimum atomic E-state index is -0.305. The van der Waals surface area contributed by atoms with Gasteiger partial charge in [0.05, 0.1) is 11.8 Å². The Morgan fingerprint density at radius 1 is 1.14 bits per heavy atom. The molecule has 1 amide bonds. The zero-order chi connectivity index (χ0) is 20.2. The molecule has 4 rings (SSSR count). The number of nitrogens with one attached hydrogen (secondary N) is 1. The number of carbonyl (C=O) groups is 1. The van der Waals surface area contributed by atoms with Crippen molar-refractivity contribution < 1.29 is 4.79 Å². The first-order chi connectivity index (χ1) is 14.1. The molecule has 0 aliphatic rings. The number of aromatic nitrogens is 2. The Labute approximate surface area is 177 Å². The van der Waals surface area contributed by atoms with Gasteiger partial charge in [-0.3, -0.25) is 9.78 Å². The van der Waals surface area contributed by atoms with Crippen molar-refractivity contribution >= 4 is 39.0 Å². The summed E-state index contributed by atoms with van der Waals surface area (Å²) in [6.45, 7) is 2.85. The first-order valence-corrected chi connectivity index (χ1v) is 9.98. The molecular formula is C23H19BrN4O. The number of nitrogens with zero attached hydrogens (tertiary/aromatic N) is 3. The quantitative estimate of drug-likeness (QED) is 0.349.